The summed E-state index contributed by atoms with van der Waals surface area (Å²) in [5, 5.41) is 2.70. The minimum absolute atomic E-state index is 0.109. The largest absolute Gasteiger partial charge is 0.573 e. The van der Waals surface area contributed by atoms with E-state index in [0.717, 1.165) is 42.6 Å². The second-order valence-corrected chi connectivity index (χ2v) is 7.21. The number of para-hydroxylation sites is 2. The zero-order valence-electron chi connectivity index (χ0n) is 16.0. The highest BCUT2D eigenvalue weighted by Gasteiger charge is 2.31. The van der Waals surface area contributed by atoms with Crippen LogP contribution < -0.4 is 10.1 Å². The van der Waals surface area contributed by atoms with Crippen molar-refractivity contribution in [1.82, 2.24) is 9.88 Å². The lowest BCUT2D eigenvalue weighted by molar-refractivity contribution is -0.274. The standard InChI is InChI=1S/C21H20F3N3O3/c22-21(23,24)30-16-9-7-15(8-10-16)25-19(28)13-27-11-3-4-14(12-27)20-26-17-5-1-2-6-18(17)29-20/h1-2,5-10,14H,3-4,11-13H2,(H,25,28)/t14-/m0/s1. The van der Waals surface area contributed by atoms with Crippen molar-refractivity contribution >= 4 is 22.7 Å². The molecule has 4 rings (SSSR count). The van der Waals surface area contributed by atoms with E-state index < -0.39 is 6.36 Å². The molecular formula is C21H20F3N3O3. The summed E-state index contributed by atoms with van der Waals surface area (Å²) >= 11 is 0. The Hall–Kier alpha value is -3.07. The summed E-state index contributed by atoms with van der Waals surface area (Å²) in [6.45, 7) is 1.61. The second kappa shape index (κ2) is 8.35. The molecule has 158 valence electrons. The van der Waals surface area contributed by atoms with Gasteiger partial charge in [-0.3, -0.25) is 9.69 Å². The van der Waals surface area contributed by atoms with Crippen LogP contribution in [0.3, 0.4) is 0 Å². The molecule has 9 heteroatoms. The number of nitrogens with zero attached hydrogens (tertiary/aromatic N) is 2. The van der Waals surface area contributed by atoms with Gasteiger partial charge in [0.25, 0.3) is 0 Å². The van der Waals surface area contributed by atoms with Gasteiger partial charge in [-0.2, -0.15) is 0 Å². The van der Waals surface area contributed by atoms with Crippen LogP contribution in [0.15, 0.2) is 52.9 Å². The maximum absolute atomic E-state index is 12.4. The molecule has 1 aliphatic heterocycles. The van der Waals surface area contributed by atoms with E-state index in [1.54, 1.807) is 0 Å². The van der Waals surface area contributed by atoms with Crippen LogP contribution in [0.2, 0.25) is 0 Å². The first-order valence-corrected chi connectivity index (χ1v) is 9.59. The average molecular weight is 419 g/mol. The molecule has 0 aliphatic carbocycles. The van der Waals surface area contributed by atoms with Crippen molar-refractivity contribution in [3.63, 3.8) is 0 Å². The Morgan fingerprint density at radius 3 is 2.70 bits per heavy atom. The first-order chi connectivity index (χ1) is 14.4. The van der Waals surface area contributed by atoms with E-state index in [1.807, 2.05) is 29.2 Å². The Bertz CT molecular complexity index is 985. The summed E-state index contributed by atoms with van der Waals surface area (Å²) in [5.74, 6) is 0.217. The van der Waals surface area contributed by atoms with Gasteiger partial charge in [0, 0.05) is 18.2 Å². The quantitative estimate of drug-likeness (QED) is 0.658. The number of amides is 1. The second-order valence-electron chi connectivity index (χ2n) is 7.21. The highest BCUT2D eigenvalue weighted by molar-refractivity contribution is 5.92. The molecule has 2 aromatic carbocycles. The van der Waals surface area contributed by atoms with Gasteiger partial charge in [-0.15, -0.1) is 13.2 Å². The summed E-state index contributed by atoms with van der Waals surface area (Å²) in [6.07, 6.45) is -2.89. The van der Waals surface area contributed by atoms with Crippen LogP contribution in [0, 0.1) is 0 Å². The minimum Gasteiger partial charge on any atom is -0.440 e. The van der Waals surface area contributed by atoms with Gasteiger partial charge in [0.05, 0.1) is 6.54 Å². The molecule has 30 heavy (non-hydrogen) atoms. The molecule has 0 saturated carbocycles. The third-order valence-electron chi connectivity index (χ3n) is 4.90. The molecule has 2 heterocycles. The molecule has 1 N–H and O–H groups in total. The van der Waals surface area contributed by atoms with Crippen molar-refractivity contribution in [2.45, 2.75) is 25.1 Å². The van der Waals surface area contributed by atoms with Crippen LogP contribution in [-0.4, -0.2) is 41.8 Å². The van der Waals surface area contributed by atoms with Gasteiger partial charge in [0.1, 0.15) is 11.3 Å². The number of piperidine rings is 1. The molecule has 0 unspecified atom stereocenters. The van der Waals surface area contributed by atoms with Crippen LogP contribution >= 0.6 is 0 Å². The summed E-state index contributed by atoms with van der Waals surface area (Å²) < 4.78 is 46.4. The molecule has 6 nitrogen and oxygen atoms in total. The monoisotopic (exact) mass is 419 g/mol. The van der Waals surface area contributed by atoms with Crippen LogP contribution in [0.25, 0.3) is 11.1 Å². The number of anilines is 1. The maximum atomic E-state index is 12.4. The van der Waals surface area contributed by atoms with Crippen molar-refractivity contribution in [3.05, 3.63) is 54.4 Å². The Labute approximate surface area is 170 Å². The number of likely N-dealkylation sites (tertiary alicyclic amines) is 1. The topological polar surface area (TPSA) is 67.6 Å². The van der Waals surface area contributed by atoms with E-state index in [2.05, 4.69) is 15.0 Å². The predicted molar refractivity (Wildman–Crippen MR) is 104 cm³/mol. The fourth-order valence-electron chi connectivity index (χ4n) is 3.61. The van der Waals surface area contributed by atoms with Gasteiger partial charge in [-0.05, 0) is 55.8 Å². The molecule has 0 radical (unpaired) electrons. The van der Waals surface area contributed by atoms with Crippen molar-refractivity contribution in [3.8, 4) is 5.75 Å². The third kappa shape index (κ3) is 5.10. The predicted octanol–water partition coefficient (Wildman–Crippen LogP) is 4.54. The van der Waals surface area contributed by atoms with Gasteiger partial charge in [-0.25, -0.2) is 4.98 Å². The first kappa shape index (κ1) is 20.2. The first-order valence-electron chi connectivity index (χ1n) is 9.59. The number of halogens is 3. The average Bonchev–Trinajstić information content (AvgIpc) is 3.13. The van der Waals surface area contributed by atoms with Gasteiger partial charge in [0.2, 0.25) is 5.91 Å². The number of aromatic nitrogens is 1. The highest BCUT2D eigenvalue weighted by Crippen LogP contribution is 2.29. The summed E-state index contributed by atoms with van der Waals surface area (Å²) in [5.41, 5.74) is 1.97. The lowest BCUT2D eigenvalue weighted by Gasteiger charge is -2.30. The third-order valence-corrected chi connectivity index (χ3v) is 4.90. The smallest absolute Gasteiger partial charge is 0.440 e. The lowest BCUT2D eigenvalue weighted by Crippen LogP contribution is -2.39. The van der Waals surface area contributed by atoms with Crippen LogP contribution in [0.5, 0.6) is 5.75 Å². The Kier molecular flexibility index (Phi) is 5.63. The molecular weight excluding hydrogens is 399 g/mol. The number of carbonyl (C=O) groups is 1. The SMILES string of the molecule is O=C(CN1CCC[C@H](c2nc3ccccc3o2)C1)Nc1ccc(OC(F)(F)F)cc1. The summed E-state index contributed by atoms with van der Waals surface area (Å²) in [6, 6.07) is 12.7. The number of nitrogens with one attached hydrogen (secondary N) is 1. The van der Waals surface area contributed by atoms with Gasteiger partial charge in [0.15, 0.2) is 11.5 Å². The van der Waals surface area contributed by atoms with E-state index in [4.69, 9.17) is 4.42 Å². The van der Waals surface area contributed by atoms with Crippen LogP contribution in [0.1, 0.15) is 24.7 Å². The van der Waals surface area contributed by atoms with Gasteiger partial charge < -0.3 is 14.5 Å². The molecule has 1 aromatic heterocycles. The maximum Gasteiger partial charge on any atom is 0.573 e. The van der Waals surface area contributed by atoms with Crippen molar-refractivity contribution in [1.29, 1.82) is 0 Å². The molecule has 1 aliphatic rings. The molecule has 1 saturated heterocycles. The number of ether oxygens (including phenoxy) is 1. The van der Waals surface area contributed by atoms with E-state index in [-0.39, 0.29) is 24.1 Å². The highest BCUT2D eigenvalue weighted by atomic mass is 19.4. The Morgan fingerprint density at radius 1 is 1.20 bits per heavy atom. The van der Waals surface area contributed by atoms with Crippen molar-refractivity contribution in [2.24, 2.45) is 0 Å². The number of rotatable bonds is 5. The number of hydrogen-bond donors (Lipinski definition) is 1. The zero-order chi connectivity index (χ0) is 21.1. The van der Waals surface area contributed by atoms with Crippen LogP contribution in [-0.2, 0) is 4.79 Å². The van der Waals surface area contributed by atoms with Crippen LogP contribution in [0.4, 0.5) is 18.9 Å². The van der Waals surface area contributed by atoms with E-state index >= 15 is 0 Å². The summed E-state index contributed by atoms with van der Waals surface area (Å²) in [4.78, 5) is 19.0. The number of benzene rings is 2. The molecule has 3 aromatic rings. The van der Waals surface area contributed by atoms with E-state index in [1.165, 1.54) is 12.1 Å². The number of alkyl halides is 3. The van der Waals surface area contributed by atoms with E-state index in [9.17, 15) is 18.0 Å². The van der Waals surface area contributed by atoms with Crippen molar-refractivity contribution in [2.75, 3.05) is 25.0 Å². The lowest BCUT2D eigenvalue weighted by atomic mass is 9.98. The molecule has 1 amide bonds. The number of fused-ring (bicyclic) bond motifs is 1. The Morgan fingerprint density at radius 2 is 1.97 bits per heavy atom. The fourth-order valence-corrected chi connectivity index (χ4v) is 3.61. The van der Waals surface area contributed by atoms with Gasteiger partial charge in [-0.1, -0.05) is 12.1 Å². The van der Waals surface area contributed by atoms with Crippen molar-refractivity contribution < 1.29 is 27.1 Å². The normalized spacial score (nSPS) is 17.8. The number of carbonyl (C=O) groups excluding carboxylic acids is 1. The summed E-state index contributed by atoms with van der Waals surface area (Å²) in [7, 11) is 0. The number of oxazole rings is 1. The molecule has 1 atom stereocenters. The fraction of sp³-hybridized carbons (Fsp3) is 0.333. The zero-order valence-corrected chi connectivity index (χ0v) is 16.0. The molecule has 0 spiro atoms. The molecule has 1 fully saturated rings. The minimum atomic E-state index is -4.75. The number of hydrogen-bond acceptors (Lipinski definition) is 5. The Balaban J connectivity index is 1.33. The molecule has 0 bridgehead atoms. The van der Waals surface area contributed by atoms with E-state index in [0.29, 0.717) is 18.1 Å². The van der Waals surface area contributed by atoms with Gasteiger partial charge >= 0.3 is 6.36 Å².